The molecule has 2 heterocycles. The van der Waals surface area contributed by atoms with Crippen molar-refractivity contribution in [2.45, 2.75) is 178 Å². The van der Waals surface area contributed by atoms with E-state index in [2.05, 4.69) is 19.2 Å². The van der Waals surface area contributed by atoms with E-state index in [0.29, 0.717) is 5.92 Å². The number of aliphatic hydroxyl groups is 3. The van der Waals surface area contributed by atoms with Crippen molar-refractivity contribution in [3.05, 3.63) is 0 Å². The van der Waals surface area contributed by atoms with Crippen LogP contribution in [0, 0.1) is 5.92 Å². The molecule has 0 aromatic rings. The molecule has 0 spiro atoms. The fourth-order valence-electron chi connectivity index (χ4n) is 6.74. The van der Waals surface area contributed by atoms with Crippen LogP contribution >= 0.6 is 24.2 Å². The molecule has 2 aliphatic rings. The number of hydrogen-bond donors (Lipinski definition) is 4. The molecule has 9 atom stereocenters. The van der Waals surface area contributed by atoms with Gasteiger partial charge in [-0.2, -0.15) is 0 Å². The highest BCUT2D eigenvalue weighted by Gasteiger charge is 2.50. The molecule has 2 saturated heterocycles. The second-order valence-electron chi connectivity index (χ2n) is 13.3. The van der Waals surface area contributed by atoms with Gasteiger partial charge in [-0.1, -0.05) is 97.3 Å². The SMILES string of the molecule is CCCCCCCCCCCCCCCC(=O)OC1C(SC)OC([C@H](NC(=O)C2CC(CCC)CN2C)C(C)O)C(O)C1O.Cl. The second kappa shape index (κ2) is 23.7. The van der Waals surface area contributed by atoms with Crippen molar-refractivity contribution in [3.8, 4) is 0 Å². The molecule has 2 fully saturated rings. The van der Waals surface area contributed by atoms with E-state index in [1.165, 1.54) is 82.9 Å². The largest absolute Gasteiger partial charge is 0.456 e. The van der Waals surface area contributed by atoms with E-state index in [4.69, 9.17) is 9.47 Å². The molecule has 0 saturated carbocycles. The number of likely N-dealkylation sites (N-methyl/N-ethyl adjacent to an activating group) is 1. The van der Waals surface area contributed by atoms with Crippen LogP contribution in [0.5, 0.6) is 0 Å². The average molecular weight is 681 g/mol. The molecule has 266 valence electrons. The van der Waals surface area contributed by atoms with Gasteiger partial charge >= 0.3 is 5.97 Å². The molecule has 0 bridgehead atoms. The van der Waals surface area contributed by atoms with E-state index in [1.54, 1.807) is 6.26 Å². The zero-order valence-electron chi connectivity index (χ0n) is 28.7. The summed E-state index contributed by atoms with van der Waals surface area (Å²) in [5.41, 5.74) is -0.754. The highest BCUT2D eigenvalue weighted by Crippen LogP contribution is 2.32. The van der Waals surface area contributed by atoms with E-state index in [0.717, 1.165) is 45.1 Å². The number of unbranched alkanes of at least 4 members (excludes halogenated alkanes) is 12. The average Bonchev–Trinajstić information content (AvgIpc) is 3.36. The number of ether oxygens (including phenoxy) is 2. The van der Waals surface area contributed by atoms with Gasteiger partial charge in [0.1, 0.15) is 23.7 Å². The number of likely N-dealkylation sites (tertiary alicyclic amines) is 1. The van der Waals surface area contributed by atoms with Crippen LogP contribution in [0.2, 0.25) is 0 Å². The van der Waals surface area contributed by atoms with Crippen molar-refractivity contribution < 1.29 is 34.4 Å². The fraction of sp³-hybridized carbons (Fsp3) is 0.941. The smallest absolute Gasteiger partial charge is 0.306 e. The summed E-state index contributed by atoms with van der Waals surface area (Å²) in [5, 5.41) is 35.6. The van der Waals surface area contributed by atoms with Gasteiger partial charge in [0, 0.05) is 13.0 Å². The third-order valence-corrected chi connectivity index (χ3v) is 10.2. The van der Waals surface area contributed by atoms with Gasteiger partial charge in [-0.25, -0.2) is 0 Å². The van der Waals surface area contributed by atoms with Crippen LogP contribution in [-0.4, -0.2) is 100.0 Å². The van der Waals surface area contributed by atoms with Crippen LogP contribution < -0.4 is 5.32 Å². The Morgan fingerprint density at radius 3 is 2.00 bits per heavy atom. The van der Waals surface area contributed by atoms with Crippen molar-refractivity contribution in [2.75, 3.05) is 19.8 Å². The number of nitrogens with one attached hydrogen (secondary N) is 1. The molecule has 0 radical (unpaired) electrons. The van der Waals surface area contributed by atoms with Gasteiger partial charge in [-0.05, 0) is 45.4 Å². The lowest BCUT2D eigenvalue weighted by Crippen LogP contribution is -2.66. The van der Waals surface area contributed by atoms with Crippen molar-refractivity contribution >= 4 is 36.0 Å². The first-order valence-corrected chi connectivity index (χ1v) is 18.9. The maximum atomic E-state index is 13.2. The van der Waals surface area contributed by atoms with Crippen molar-refractivity contribution in [1.29, 1.82) is 0 Å². The molecular formula is C34H65ClN2O7S. The number of thioether (sulfide) groups is 1. The van der Waals surface area contributed by atoms with Crippen molar-refractivity contribution in [3.63, 3.8) is 0 Å². The summed E-state index contributed by atoms with van der Waals surface area (Å²) >= 11 is 1.26. The normalized spacial score (nSPS) is 28.3. The van der Waals surface area contributed by atoms with E-state index in [1.807, 2.05) is 11.9 Å². The molecule has 8 unspecified atom stereocenters. The highest BCUT2D eigenvalue weighted by atomic mass is 35.5. The van der Waals surface area contributed by atoms with Crippen molar-refractivity contribution in [2.24, 2.45) is 5.92 Å². The first-order chi connectivity index (χ1) is 21.1. The third kappa shape index (κ3) is 14.6. The van der Waals surface area contributed by atoms with Crippen LogP contribution in [0.3, 0.4) is 0 Å². The van der Waals surface area contributed by atoms with Gasteiger partial charge in [0.15, 0.2) is 6.10 Å². The van der Waals surface area contributed by atoms with Crippen LogP contribution in [-0.2, 0) is 19.1 Å². The molecule has 2 rings (SSSR count). The van der Waals surface area contributed by atoms with E-state index >= 15 is 0 Å². The van der Waals surface area contributed by atoms with Gasteiger partial charge in [-0.3, -0.25) is 14.5 Å². The summed E-state index contributed by atoms with van der Waals surface area (Å²) < 4.78 is 11.7. The fourth-order valence-corrected chi connectivity index (χ4v) is 7.46. The Morgan fingerprint density at radius 2 is 1.49 bits per heavy atom. The minimum atomic E-state index is -1.46. The lowest BCUT2D eigenvalue weighted by atomic mass is 9.91. The maximum Gasteiger partial charge on any atom is 0.306 e. The van der Waals surface area contributed by atoms with Crippen LogP contribution in [0.4, 0.5) is 0 Å². The van der Waals surface area contributed by atoms with E-state index in [9.17, 15) is 24.9 Å². The Morgan fingerprint density at radius 1 is 0.933 bits per heavy atom. The number of carbonyl (C=O) groups excluding carboxylic acids is 2. The molecule has 1 amide bonds. The molecular weight excluding hydrogens is 616 g/mol. The molecule has 2 aliphatic heterocycles. The minimum Gasteiger partial charge on any atom is -0.456 e. The number of amides is 1. The first-order valence-electron chi connectivity index (χ1n) is 17.6. The van der Waals surface area contributed by atoms with Crippen LogP contribution in [0.1, 0.15) is 130 Å². The Balaban J connectivity index is 0.0000101. The number of nitrogens with zero attached hydrogens (tertiary/aromatic N) is 1. The van der Waals surface area contributed by atoms with Gasteiger partial charge in [-0.15, -0.1) is 24.2 Å². The Kier molecular flexibility index (Phi) is 22.3. The van der Waals surface area contributed by atoms with E-state index in [-0.39, 0.29) is 30.8 Å². The quantitative estimate of drug-likeness (QED) is 0.0854. The first kappa shape index (κ1) is 42.4. The Bertz CT molecular complexity index is 809. The van der Waals surface area contributed by atoms with Gasteiger partial charge in [0.2, 0.25) is 5.91 Å². The van der Waals surface area contributed by atoms with Crippen molar-refractivity contribution in [1.82, 2.24) is 10.2 Å². The number of carbonyl (C=O) groups is 2. The van der Waals surface area contributed by atoms with E-state index < -0.39 is 48.0 Å². The predicted molar refractivity (Wildman–Crippen MR) is 185 cm³/mol. The summed E-state index contributed by atoms with van der Waals surface area (Å²) in [6, 6.07) is -1.27. The summed E-state index contributed by atoms with van der Waals surface area (Å²) in [7, 11) is 1.92. The standard InChI is InChI=1S/C34H64N2O7S.ClH/c1-6-8-9-10-11-12-13-14-15-16-17-18-19-21-27(38)42-32-30(40)29(39)31(43-34(32)44-5)28(24(3)37)35-33(41)26-22-25(20-7-2)23-36(26)4;/h24-26,28-32,34,37,39-40H,6-23H2,1-5H3,(H,35,41);1H/t24?,25?,26?,28-,29?,30?,31?,32?,34?;/m1./s1. The summed E-state index contributed by atoms with van der Waals surface area (Å²) in [6.07, 6.45) is 14.7. The van der Waals surface area contributed by atoms with Gasteiger partial charge in [0.05, 0.1) is 18.2 Å². The molecule has 0 aromatic heterocycles. The van der Waals surface area contributed by atoms with Crippen LogP contribution in [0.15, 0.2) is 0 Å². The number of halogens is 1. The molecule has 0 aliphatic carbocycles. The minimum absolute atomic E-state index is 0. The number of esters is 1. The molecule has 0 aromatic carbocycles. The Hall–Kier alpha value is -0.620. The Labute approximate surface area is 283 Å². The van der Waals surface area contributed by atoms with Gasteiger partial charge < -0.3 is 30.1 Å². The summed E-state index contributed by atoms with van der Waals surface area (Å²) in [5.74, 6) is -0.203. The topological polar surface area (TPSA) is 129 Å². The van der Waals surface area contributed by atoms with Crippen LogP contribution in [0.25, 0.3) is 0 Å². The monoisotopic (exact) mass is 680 g/mol. The van der Waals surface area contributed by atoms with Gasteiger partial charge in [0.25, 0.3) is 0 Å². The second-order valence-corrected chi connectivity index (χ2v) is 14.2. The zero-order valence-corrected chi connectivity index (χ0v) is 30.3. The molecule has 9 nitrogen and oxygen atoms in total. The third-order valence-electron chi connectivity index (χ3n) is 9.38. The molecule has 45 heavy (non-hydrogen) atoms. The molecule has 4 N–H and O–H groups in total. The summed E-state index contributed by atoms with van der Waals surface area (Å²) in [6.45, 7) is 6.75. The maximum absolute atomic E-state index is 13.2. The highest BCUT2D eigenvalue weighted by molar-refractivity contribution is 7.99. The molecule has 11 heteroatoms. The number of rotatable bonds is 22. The zero-order chi connectivity index (χ0) is 32.5. The number of hydrogen-bond acceptors (Lipinski definition) is 9. The number of aliphatic hydroxyl groups excluding tert-OH is 3. The lowest BCUT2D eigenvalue weighted by molar-refractivity contribution is -0.223. The lowest BCUT2D eigenvalue weighted by Gasteiger charge is -2.45. The summed E-state index contributed by atoms with van der Waals surface area (Å²) in [4.78, 5) is 27.9. The predicted octanol–water partition coefficient (Wildman–Crippen LogP) is 5.60.